The van der Waals surface area contributed by atoms with Gasteiger partial charge in [-0.15, -0.1) is 0 Å². The van der Waals surface area contributed by atoms with E-state index < -0.39 is 0 Å². The Hall–Kier alpha value is -2.14. The number of rotatable bonds is 2. The molecule has 1 aromatic heterocycles. The lowest BCUT2D eigenvalue weighted by molar-refractivity contribution is 0.112. The van der Waals surface area contributed by atoms with Crippen LogP contribution in [0.15, 0.2) is 30.6 Å². The van der Waals surface area contributed by atoms with Gasteiger partial charge >= 0.3 is 0 Å². The highest BCUT2D eigenvalue weighted by molar-refractivity contribution is 6.32. The van der Waals surface area contributed by atoms with E-state index in [1.54, 1.807) is 0 Å². The van der Waals surface area contributed by atoms with Crippen molar-refractivity contribution in [3.05, 3.63) is 41.3 Å². The van der Waals surface area contributed by atoms with Gasteiger partial charge in [-0.3, -0.25) is 4.79 Å². The molecular formula is C14H12ClN3O2. The molecule has 5 nitrogen and oxygen atoms in total. The van der Waals surface area contributed by atoms with E-state index in [4.69, 9.17) is 16.3 Å². The molecular weight excluding hydrogens is 278 g/mol. The van der Waals surface area contributed by atoms with Crippen LogP contribution < -0.4 is 9.64 Å². The maximum atomic E-state index is 11.3. The second kappa shape index (κ2) is 5.46. The second-order valence-electron chi connectivity index (χ2n) is 4.34. The summed E-state index contributed by atoms with van der Waals surface area (Å²) in [5.41, 5.74) is 1.17. The first-order valence-electron chi connectivity index (χ1n) is 6.26. The topological polar surface area (TPSA) is 55.3 Å². The first-order chi connectivity index (χ1) is 9.81. The third kappa shape index (κ3) is 2.20. The normalized spacial score (nSPS) is 14.2. The zero-order chi connectivity index (χ0) is 13.9. The Balaban J connectivity index is 2.15. The Morgan fingerprint density at radius 1 is 1.30 bits per heavy atom. The first-order valence-corrected chi connectivity index (χ1v) is 6.64. The molecule has 0 aliphatic carbocycles. The van der Waals surface area contributed by atoms with Crippen LogP contribution in [0.1, 0.15) is 16.8 Å². The Bertz CT molecular complexity index is 648. The molecule has 0 unspecified atom stereocenters. The van der Waals surface area contributed by atoms with E-state index in [0.29, 0.717) is 30.8 Å². The zero-order valence-corrected chi connectivity index (χ0v) is 11.4. The van der Waals surface area contributed by atoms with Gasteiger partial charge in [0.05, 0.1) is 17.9 Å². The van der Waals surface area contributed by atoms with Crippen LogP contribution in [-0.2, 0) is 0 Å². The number of anilines is 2. The van der Waals surface area contributed by atoms with Crippen molar-refractivity contribution in [3.8, 4) is 5.75 Å². The van der Waals surface area contributed by atoms with Crippen LogP contribution in [0.4, 0.5) is 11.5 Å². The fraction of sp³-hybridized carbons (Fsp3) is 0.214. The standard InChI is InChI=1S/C14H12ClN3O2/c15-13-10(8-19)14(17-9-16-13)18-6-3-7-20-12-5-2-1-4-11(12)18/h1-2,4-5,8-9H,3,6-7H2. The number of benzene rings is 1. The molecule has 2 heterocycles. The molecule has 1 aliphatic heterocycles. The SMILES string of the molecule is O=Cc1c(Cl)ncnc1N1CCCOc2ccccc21. The summed E-state index contributed by atoms with van der Waals surface area (Å²) < 4.78 is 5.70. The number of para-hydroxylation sites is 2. The molecule has 0 amide bonds. The molecule has 0 bridgehead atoms. The van der Waals surface area contributed by atoms with E-state index in [-0.39, 0.29) is 5.15 Å². The van der Waals surface area contributed by atoms with E-state index >= 15 is 0 Å². The lowest BCUT2D eigenvalue weighted by atomic mass is 10.2. The molecule has 6 heteroatoms. The molecule has 1 aromatic carbocycles. The van der Waals surface area contributed by atoms with Crippen molar-refractivity contribution in [1.82, 2.24) is 9.97 Å². The molecule has 20 heavy (non-hydrogen) atoms. The van der Waals surface area contributed by atoms with Crippen molar-refractivity contribution in [2.45, 2.75) is 6.42 Å². The van der Waals surface area contributed by atoms with Gasteiger partial charge in [0.2, 0.25) is 0 Å². The zero-order valence-electron chi connectivity index (χ0n) is 10.6. The number of fused-ring (bicyclic) bond motifs is 1. The summed E-state index contributed by atoms with van der Waals surface area (Å²) in [6.45, 7) is 1.33. The van der Waals surface area contributed by atoms with Gasteiger partial charge in [-0.2, -0.15) is 0 Å². The van der Waals surface area contributed by atoms with Gasteiger partial charge in [0.15, 0.2) is 6.29 Å². The number of aldehydes is 1. The quantitative estimate of drug-likeness (QED) is 0.628. The Morgan fingerprint density at radius 3 is 3.00 bits per heavy atom. The van der Waals surface area contributed by atoms with Crippen LogP contribution in [0, 0.1) is 0 Å². The maximum Gasteiger partial charge on any atom is 0.156 e. The molecule has 0 radical (unpaired) electrons. The molecule has 3 rings (SSSR count). The number of carbonyl (C=O) groups is 1. The van der Waals surface area contributed by atoms with Gasteiger partial charge in [0.25, 0.3) is 0 Å². The van der Waals surface area contributed by atoms with E-state index in [2.05, 4.69) is 9.97 Å². The molecule has 2 aromatic rings. The summed E-state index contributed by atoms with van der Waals surface area (Å²) in [6.07, 6.45) is 2.87. The number of nitrogens with zero attached hydrogens (tertiary/aromatic N) is 3. The van der Waals surface area contributed by atoms with Gasteiger partial charge < -0.3 is 9.64 Å². The minimum Gasteiger partial charge on any atom is -0.491 e. The van der Waals surface area contributed by atoms with Gasteiger partial charge in [-0.05, 0) is 18.6 Å². The number of carbonyl (C=O) groups excluding carboxylic acids is 1. The summed E-state index contributed by atoms with van der Waals surface area (Å²) in [6, 6.07) is 7.67. The average molecular weight is 290 g/mol. The van der Waals surface area contributed by atoms with Crippen molar-refractivity contribution in [2.75, 3.05) is 18.1 Å². The van der Waals surface area contributed by atoms with Crippen molar-refractivity contribution in [1.29, 1.82) is 0 Å². The van der Waals surface area contributed by atoms with Crippen LogP contribution in [0.3, 0.4) is 0 Å². The summed E-state index contributed by atoms with van der Waals surface area (Å²) in [4.78, 5) is 21.3. The van der Waals surface area contributed by atoms with E-state index in [1.165, 1.54) is 6.33 Å². The van der Waals surface area contributed by atoms with Gasteiger partial charge in [0, 0.05) is 6.54 Å². The Labute approximate surface area is 121 Å². The van der Waals surface area contributed by atoms with Crippen LogP contribution in [0.2, 0.25) is 5.15 Å². The van der Waals surface area contributed by atoms with Crippen molar-refractivity contribution in [3.63, 3.8) is 0 Å². The minimum atomic E-state index is 0.160. The van der Waals surface area contributed by atoms with Crippen LogP contribution in [0.25, 0.3) is 0 Å². The molecule has 0 fully saturated rings. The van der Waals surface area contributed by atoms with Crippen LogP contribution in [0.5, 0.6) is 5.75 Å². The Kier molecular flexibility index (Phi) is 3.52. The predicted octanol–water partition coefficient (Wildman–Crippen LogP) is 2.86. The molecule has 102 valence electrons. The van der Waals surface area contributed by atoms with Crippen molar-refractivity contribution < 1.29 is 9.53 Å². The monoisotopic (exact) mass is 289 g/mol. The fourth-order valence-electron chi connectivity index (χ4n) is 2.23. The van der Waals surface area contributed by atoms with E-state index in [1.807, 2.05) is 29.2 Å². The third-order valence-electron chi connectivity index (χ3n) is 3.13. The van der Waals surface area contributed by atoms with Crippen LogP contribution >= 0.6 is 11.6 Å². The third-order valence-corrected chi connectivity index (χ3v) is 3.43. The summed E-state index contributed by atoms with van der Waals surface area (Å²) in [5, 5.41) is 0.160. The highest BCUT2D eigenvalue weighted by atomic mass is 35.5. The highest BCUT2D eigenvalue weighted by Crippen LogP contribution is 2.36. The summed E-state index contributed by atoms with van der Waals surface area (Å²) >= 11 is 5.98. The largest absolute Gasteiger partial charge is 0.491 e. The fourth-order valence-corrected chi connectivity index (χ4v) is 2.40. The van der Waals surface area contributed by atoms with Crippen LogP contribution in [-0.4, -0.2) is 29.4 Å². The first kappa shape index (κ1) is 12.9. The minimum absolute atomic E-state index is 0.160. The number of halogens is 1. The number of ether oxygens (including phenoxy) is 1. The molecule has 0 atom stereocenters. The lowest BCUT2D eigenvalue weighted by Crippen LogP contribution is -2.20. The molecule has 0 saturated carbocycles. The van der Waals surface area contributed by atoms with Gasteiger partial charge in [-0.25, -0.2) is 9.97 Å². The smallest absolute Gasteiger partial charge is 0.156 e. The van der Waals surface area contributed by atoms with E-state index in [0.717, 1.165) is 17.9 Å². The molecule has 0 N–H and O–H groups in total. The maximum absolute atomic E-state index is 11.3. The average Bonchev–Trinajstić information content (AvgIpc) is 2.69. The Morgan fingerprint density at radius 2 is 2.15 bits per heavy atom. The predicted molar refractivity (Wildman–Crippen MR) is 76.0 cm³/mol. The molecule has 0 saturated heterocycles. The number of hydrogen-bond donors (Lipinski definition) is 0. The van der Waals surface area contributed by atoms with E-state index in [9.17, 15) is 4.79 Å². The highest BCUT2D eigenvalue weighted by Gasteiger charge is 2.22. The van der Waals surface area contributed by atoms with Crippen molar-refractivity contribution >= 4 is 29.4 Å². The number of aromatic nitrogens is 2. The van der Waals surface area contributed by atoms with Gasteiger partial charge in [-0.1, -0.05) is 23.7 Å². The number of hydrogen-bond acceptors (Lipinski definition) is 5. The summed E-state index contributed by atoms with van der Waals surface area (Å²) in [7, 11) is 0. The summed E-state index contributed by atoms with van der Waals surface area (Å²) in [5.74, 6) is 1.29. The molecule has 1 aliphatic rings. The molecule has 0 spiro atoms. The lowest BCUT2D eigenvalue weighted by Gasteiger charge is -2.23. The van der Waals surface area contributed by atoms with Gasteiger partial charge in [0.1, 0.15) is 23.0 Å². The second-order valence-corrected chi connectivity index (χ2v) is 4.70. The van der Waals surface area contributed by atoms with Crippen molar-refractivity contribution in [2.24, 2.45) is 0 Å².